The van der Waals surface area contributed by atoms with Gasteiger partial charge in [0.2, 0.25) is 10.0 Å². The van der Waals surface area contributed by atoms with Gasteiger partial charge < -0.3 is 0 Å². The van der Waals surface area contributed by atoms with Crippen LogP contribution in [0.25, 0.3) is 28.3 Å². The largest absolute Gasteiger partial charge is 0.256 e. The lowest BCUT2D eigenvalue weighted by molar-refractivity contribution is 0.598. The van der Waals surface area contributed by atoms with Gasteiger partial charge in [0.25, 0.3) is 0 Å². The Bertz CT molecular complexity index is 1310. The highest BCUT2D eigenvalue weighted by Crippen LogP contribution is 2.43. The highest BCUT2D eigenvalue weighted by atomic mass is 32.2. The number of rotatable bonds is 3. The molecule has 0 bridgehead atoms. The van der Waals surface area contributed by atoms with Crippen LogP contribution >= 0.6 is 0 Å². The van der Waals surface area contributed by atoms with Gasteiger partial charge in [-0.3, -0.25) is 4.98 Å². The molecule has 1 aromatic heterocycles. The fraction of sp³-hybridized carbons (Fsp3) is 0. The van der Waals surface area contributed by atoms with Gasteiger partial charge in [0.1, 0.15) is 0 Å². The number of pyridine rings is 1. The molecule has 2 N–H and O–H groups in total. The zero-order valence-electron chi connectivity index (χ0n) is 14.9. The molecule has 0 spiro atoms. The van der Waals surface area contributed by atoms with Crippen molar-refractivity contribution in [1.82, 2.24) is 4.98 Å². The van der Waals surface area contributed by atoms with Gasteiger partial charge in [0.05, 0.1) is 10.6 Å². The van der Waals surface area contributed by atoms with E-state index in [0.29, 0.717) is 0 Å². The standard InChI is InChI=1S/C23H16N2O2S/c1-3-16-6-4-7-17(12-16)21-14-22-20(10-11-25-23(22)15(21)2)18-8-5-9-19(13-18)28(24,26)27/h1,4-14H,2H2,(H2,24,26,27). The summed E-state index contributed by atoms with van der Waals surface area (Å²) in [5.41, 5.74) is 6.74. The third-order valence-corrected chi connectivity index (χ3v) is 5.61. The molecule has 2 aromatic carbocycles. The molecule has 0 amide bonds. The maximum Gasteiger partial charge on any atom is 0.238 e. The van der Waals surface area contributed by atoms with E-state index in [-0.39, 0.29) is 4.90 Å². The number of hydrogen-bond donors (Lipinski definition) is 1. The van der Waals surface area contributed by atoms with Crippen molar-refractivity contribution < 1.29 is 8.42 Å². The minimum absolute atomic E-state index is 0.0679. The van der Waals surface area contributed by atoms with Crippen LogP contribution in [0.4, 0.5) is 0 Å². The lowest BCUT2D eigenvalue weighted by atomic mass is 9.99. The van der Waals surface area contributed by atoms with Crippen molar-refractivity contribution in [3.63, 3.8) is 0 Å². The van der Waals surface area contributed by atoms with Crippen LogP contribution < -0.4 is 5.14 Å². The van der Waals surface area contributed by atoms with E-state index in [1.165, 1.54) is 6.07 Å². The van der Waals surface area contributed by atoms with Gasteiger partial charge in [-0.05, 0) is 58.7 Å². The lowest BCUT2D eigenvalue weighted by Gasteiger charge is -2.09. The minimum Gasteiger partial charge on any atom is -0.256 e. The summed E-state index contributed by atoms with van der Waals surface area (Å²) in [6.07, 6.45) is 9.23. The molecule has 5 heteroatoms. The summed E-state index contributed by atoms with van der Waals surface area (Å²) in [7, 11) is -3.79. The summed E-state index contributed by atoms with van der Waals surface area (Å²) < 4.78 is 23.4. The molecule has 4 rings (SSSR count). The Morgan fingerprint density at radius 3 is 2.54 bits per heavy atom. The summed E-state index contributed by atoms with van der Waals surface area (Å²) >= 11 is 0. The highest BCUT2D eigenvalue weighted by molar-refractivity contribution is 7.89. The molecule has 1 heterocycles. The summed E-state index contributed by atoms with van der Waals surface area (Å²) in [4.78, 5) is 4.55. The summed E-state index contributed by atoms with van der Waals surface area (Å²) in [6.45, 7) is 4.20. The number of hydrogen-bond acceptors (Lipinski definition) is 3. The second-order valence-electron chi connectivity index (χ2n) is 6.46. The van der Waals surface area contributed by atoms with E-state index in [0.717, 1.165) is 44.7 Å². The maximum absolute atomic E-state index is 11.7. The number of benzene rings is 2. The molecule has 4 nitrogen and oxygen atoms in total. The smallest absolute Gasteiger partial charge is 0.238 e. The number of aromatic nitrogens is 1. The lowest BCUT2D eigenvalue weighted by Crippen LogP contribution is -2.11. The average Bonchev–Trinajstić information content (AvgIpc) is 3.04. The van der Waals surface area contributed by atoms with E-state index in [4.69, 9.17) is 11.6 Å². The van der Waals surface area contributed by atoms with Crippen molar-refractivity contribution in [3.05, 3.63) is 89.8 Å². The Labute approximate surface area is 164 Å². The first kappa shape index (κ1) is 17.9. The third kappa shape index (κ3) is 3.05. The van der Waals surface area contributed by atoms with Crippen LogP contribution in [0.15, 0.2) is 72.3 Å². The molecule has 0 atom stereocenters. The van der Waals surface area contributed by atoms with E-state index in [2.05, 4.69) is 17.5 Å². The monoisotopic (exact) mass is 384 g/mol. The Morgan fingerprint density at radius 2 is 1.79 bits per heavy atom. The molecular formula is C23H16N2O2S. The van der Waals surface area contributed by atoms with Crippen molar-refractivity contribution in [2.24, 2.45) is 5.14 Å². The summed E-state index contributed by atoms with van der Waals surface area (Å²) in [5.74, 6) is 2.64. The van der Waals surface area contributed by atoms with E-state index < -0.39 is 10.0 Å². The Morgan fingerprint density at radius 1 is 1.04 bits per heavy atom. The highest BCUT2D eigenvalue weighted by Gasteiger charge is 2.23. The van der Waals surface area contributed by atoms with E-state index in [1.807, 2.05) is 42.5 Å². The van der Waals surface area contributed by atoms with Crippen molar-refractivity contribution in [2.45, 2.75) is 4.90 Å². The normalized spacial score (nSPS) is 13.0. The van der Waals surface area contributed by atoms with Gasteiger partial charge in [-0.25, -0.2) is 13.6 Å². The molecule has 28 heavy (non-hydrogen) atoms. The van der Waals surface area contributed by atoms with Crippen molar-refractivity contribution in [1.29, 1.82) is 0 Å². The molecule has 1 aliphatic carbocycles. The van der Waals surface area contributed by atoms with Crippen LogP contribution in [0.2, 0.25) is 0 Å². The second kappa shape index (κ2) is 6.61. The van der Waals surface area contributed by atoms with Gasteiger partial charge in [-0.2, -0.15) is 0 Å². The summed E-state index contributed by atoms with van der Waals surface area (Å²) in [5, 5.41) is 5.28. The van der Waals surface area contributed by atoms with Gasteiger partial charge >= 0.3 is 0 Å². The third-order valence-electron chi connectivity index (χ3n) is 4.70. The first-order valence-corrected chi connectivity index (χ1v) is 10.0. The van der Waals surface area contributed by atoms with E-state index in [1.54, 1.807) is 18.3 Å². The van der Waals surface area contributed by atoms with Crippen molar-refractivity contribution >= 4 is 27.2 Å². The summed E-state index contributed by atoms with van der Waals surface area (Å²) in [6, 6.07) is 16.1. The molecule has 3 aromatic rings. The predicted molar refractivity (Wildman–Crippen MR) is 112 cm³/mol. The van der Waals surface area contributed by atoms with E-state index in [9.17, 15) is 8.42 Å². The number of terminal acetylenes is 1. The first-order valence-electron chi connectivity index (χ1n) is 8.49. The van der Waals surface area contributed by atoms with Crippen LogP contribution in [-0.2, 0) is 10.0 Å². The maximum atomic E-state index is 11.7. The van der Waals surface area contributed by atoms with Crippen LogP contribution in [0.1, 0.15) is 22.4 Å². The Kier molecular flexibility index (Phi) is 4.23. The fourth-order valence-corrected chi connectivity index (χ4v) is 3.90. The molecule has 0 saturated heterocycles. The van der Waals surface area contributed by atoms with Crippen LogP contribution in [-0.4, -0.2) is 13.4 Å². The van der Waals surface area contributed by atoms with E-state index >= 15 is 0 Å². The molecular weight excluding hydrogens is 368 g/mol. The Hall–Kier alpha value is -3.46. The number of allylic oxidation sites excluding steroid dienone is 2. The molecule has 0 fully saturated rings. The van der Waals surface area contributed by atoms with Crippen molar-refractivity contribution in [2.75, 3.05) is 0 Å². The van der Waals surface area contributed by atoms with Gasteiger partial charge in [-0.1, -0.05) is 36.8 Å². The fourth-order valence-electron chi connectivity index (χ4n) is 3.35. The zero-order chi connectivity index (χ0) is 19.9. The van der Waals surface area contributed by atoms with Crippen LogP contribution in [0.5, 0.6) is 0 Å². The minimum atomic E-state index is -3.79. The average molecular weight is 384 g/mol. The van der Waals surface area contributed by atoms with Gasteiger partial charge in [-0.15, -0.1) is 6.42 Å². The number of sulfonamides is 1. The zero-order valence-corrected chi connectivity index (χ0v) is 15.7. The first-order chi connectivity index (χ1) is 13.4. The quantitative estimate of drug-likeness (QED) is 0.695. The number of nitrogens with zero attached hydrogens (tertiary/aromatic N) is 1. The SMILES string of the molecule is C#Cc1cccc(C2=Cc3c(-c4cccc(S(N)(=O)=O)c4)ccnc3C2=C)c1. The van der Waals surface area contributed by atoms with Gasteiger partial charge in [0.15, 0.2) is 0 Å². The molecule has 0 saturated carbocycles. The number of fused-ring (bicyclic) bond motifs is 1. The topological polar surface area (TPSA) is 73.1 Å². The molecule has 1 aliphatic rings. The number of primary sulfonamides is 1. The number of nitrogens with two attached hydrogens (primary N) is 1. The predicted octanol–water partition coefficient (Wildman–Crippen LogP) is 3.94. The van der Waals surface area contributed by atoms with Gasteiger partial charge in [0, 0.05) is 22.9 Å². The second-order valence-corrected chi connectivity index (χ2v) is 8.02. The molecule has 0 radical (unpaired) electrons. The Balaban J connectivity index is 1.88. The van der Waals surface area contributed by atoms with Crippen molar-refractivity contribution in [3.8, 4) is 23.5 Å². The molecule has 0 aliphatic heterocycles. The van der Waals surface area contributed by atoms with Crippen LogP contribution in [0.3, 0.4) is 0 Å². The molecule has 136 valence electrons. The van der Waals surface area contributed by atoms with Crippen LogP contribution in [0, 0.1) is 12.3 Å². The molecule has 0 unspecified atom stereocenters.